The third-order valence-electron chi connectivity index (χ3n) is 3.40. The molecule has 0 aliphatic heterocycles. The van der Waals surface area contributed by atoms with Gasteiger partial charge < -0.3 is 14.4 Å². The summed E-state index contributed by atoms with van der Waals surface area (Å²) in [5, 5.41) is 15.8. The minimum absolute atomic E-state index is 0.286. The second-order valence-corrected chi connectivity index (χ2v) is 5.10. The van der Waals surface area contributed by atoms with Crippen molar-refractivity contribution in [3.8, 4) is 5.75 Å². The zero-order chi connectivity index (χ0) is 14.8. The largest absolute Gasteiger partial charge is 0.485 e. The Morgan fingerprint density at radius 1 is 1.24 bits per heavy atom. The molecule has 21 heavy (non-hydrogen) atoms. The molecule has 0 aliphatic carbocycles. The molecule has 4 nitrogen and oxygen atoms in total. The van der Waals surface area contributed by atoms with Gasteiger partial charge in [0.05, 0.1) is 11.8 Å². The molecule has 0 aliphatic rings. The molecular weight excluding hydrogens is 266 g/mol. The Morgan fingerprint density at radius 2 is 2.05 bits per heavy atom. The van der Waals surface area contributed by atoms with Gasteiger partial charge in [0.15, 0.2) is 5.76 Å². The number of benzene rings is 2. The average Bonchev–Trinajstić information content (AvgIpc) is 2.90. The molecule has 0 radical (unpaired) electrons. The van der Waals surface area contributed by atoms with Crippen molar-refractivity contribution >= 4 is 10.8 Å². The van der Waals surface area contributed by atoms with Crippen LogP contribution in [0.4, 0.5) is 0 Å². The van der Waals surface area contributed by atoms with Gasteiger partial charge in [0, 0.05) is 17.0 Å². The van der Waals surface area contributed by atoms with E-state index in [1.165, 1.54) is 0 Å². The molecular formula is C17H17NO3. The molecule has 0 unspecified atom stereocenters. The maximum Gasteiger partial charge on any atom is 0.174 e. The molecule has 1 atom stereocenters. The Balaban J connectivity index is 1.99. The van der Waals surface area contributed by atoms with Crippen molar-refractivity contribution in [2.45, 2.75) is 26.6 Å². The molecule has 2 aromatic carbocycles. The van der Waals surface area contributed by atoms with Gasteiger partial charge in [-0.1, -0.05) is 41.6 Å². The predicted molar refractivity (Wildman–Crippen MR) is 80.2 cm³/mol. The van der Waals surface area contributed by atoms with E-state index in [4.69, 9.17) is 9.26 Å². The lowest BCUT2D eigenvalue weighted by Gasteiger charge is -2.15. The van der Waals surface area contributed by atoms with Gasteiger partial charge in [0.25, 0.3) is 0 Å². The fourth-order valence-electron chi connectivity index (χ4n) is 2.38. The van der Waals surface area contributed by atoms with Crippen LogP contribution in [0.15, 0.2) is 47.0 Å². The molecule has 0 fully saturated rings. The molecule has 0 bridgehead atoms. The first-order valence-electron chi connectivity index (χ1n) is 6.90. The average molecular weight is 283 g/mol. The number of aliphatic hydroxyl groups is 1. The van der Waals surface area contributed by atoms with Crippen LogP contribution >= 0.6 is 0 Å². The van der Waals surface area contributed by atoms with Crippen LogP contribution in [-0.2, 0) is 6.61 Å². The van der Waals surface area contributed by atoms with Crippen molar-refractivity contribution in [3.05, 3.63) is 59.5 Å². The lowest BCUT2D eigenvalue weighted by molar-refractivity contribution is 0.187. The number of aliphatic hydroxyl groups excluding tert-OH is 1. The van der Waals surface area contributed by atoms with Crippen molar-refractivity contribution in [2.75, 3.05) is 0 Å². The molecule has 0 amide bonds. The smallest absolute Gasteiger partial charge is 0.174 e. The molecule has 1 heterocycles. The van der Waals surface area contributed by atoms with Crippen LogP contribution < -0.4 is 4.74 Å². The third-order valence-corrected chi connectivity index (χ3v) is 3.40. The fourth-order valence-corrected chi connectivity index (χ4v) is 2.38. The molecule has 1 N–H and O–H groups in total. The third kappa shape index (κ3) is 2.76. The molecule has 0 spiro atoms. The second-order valence-electron chi connectivity index (χ2n) is 5.10. The predicted octanol–water partition coefficient (Wildman–Crippen LogP) is 3.77. The van der Waals surface area contributed by atoms with Gasteiger partial charge in [-0.3, -0.25) is 0 Å². The maximum atomic E-state index is 9.95. The number of fused-ring (bicyclic) bond motifs is 1. The summed E-state index contributed by atoms with van der Waals surface area (Å²) in [7, 11) is 0. The molecule has 1 aromatic heterocycles. The summed E-state index contributed by atoms with van der Waals surface area (Å²) < 4.78 is 11.1. The van der Waals surface area contributed by atoms with Gasteiger partial charge in [0.2, 0.25) is 0 Å². The van der Waals surface area contributed by atoms with E-state index in [-0.39, 0.29) is 6.61 Å². The first kappa shape index (κ1) is 13.6. The summed E-state index contributed by atoms with van der Waals surface area (Å²) in [5.74, 6) is 1.36. The van der Waals surface area contributed by atoms with Crippen LogP contribution in [0.1, 0.15) is 30.0 Å². The van der Waals surface area contributed by atoms with Gasteiger partial charge >= 0.3 is 0 Å². The second kappa shape index (κ2) is 5.58. The number of hydrogen-bond acceptors (Lipinski definition) is 4. The van der Waals surface area contributed by atoms with Crippen LogP contribution in [-0.4, -0.2) is 10.3 Å². The van der Waals surface area contributed by atoms with E-state index >= 15 is 0 Å². The van der Waals surface area contributed by atoms with Gasteiger partial charge in [-0.15, -0.1) is 0 Å². The van der Waals surface area contributed by atoms with Crippen molar-refractivity contribution in [2.24, 2.45) is 0 Å². The van der Waals surface area contributed by atoms with Gasteiger partial charge in [-0.2, -0.15) is 0 Å². The van der Waals surface area contributed by atoms with E-state index in [2.05, 4.69) is 5.16 Å². The van der Waals surface area contributed by atoms with E-state index < -0.39 is 6.10 Å². The first-order valence-corrected chi connectivity index (χ1v) is 6.90. The topological polar surface area (TPSA) is 55.5 Å². The van der Waals surface area contributed by atoms with E-state index in [1.54, 1.807) is 6.92 Å². The van der Waals surface area contributed by atoms with E-state index in [0.717, 1.165) is 22.0 Å². The lowest BCUT2D eigenvalue weighted by atomic mass is 10.0. The fraction of sp³-hybridized carbons (Fsp3) is 0.235. The molecule has 108 valence electrons. The van der Waals surface area contributed by atoms with Gasteiger partial charge in [-0.25, -0.2) is 0 Å². The van der Waals surface area contributed by atoms with Crippen molar-refractivity contribution in [1.29, 1.82) is 0 Å². The Kier molecular flexibility index (Phi) is 3.62. The highest BCUT2D eigenvalue weighted by molar-refractivity contribution is 5.89. The summed E-state index contributed by atoms with van der Waals surface area (Å²) in [4.78, 5) is 0. The number of aromatic nitrogens is 1. The van der Waals surface area contributed by atoms with Crippen molar-refractivity contribution in [3.63, 3.8) is 0 Å². The highest BCUT2D eigenvalue weighted by Gasteiger charge is 2.14. The molecule has 3 aromatic rings. The molecule has 0 saturated heterocycles. The zero-order valence-corrected chi connectivity index (χ0v) is 12.0. The van der Waals surface area contributed by atoms with Crippen LogP contribution in [0.2, 0.25) is 0 Å². The number of hydrogen-bond donors (Lipinski definition) is 1. The monoisotopic (exact) mass is 283 g/mol. The van der Waals surface area contributed by atoms with E-state index in [9.17, 15) is 5.11 Å². The highest BCUT2D eigenvalue weighted by atomic mass is 16.5. The number of rotatable bonds is 4. The minimum Gasteiger partial charge on any atom is -0.485 e. The van der Waals surface area contributed by atoms with Crippen LogP contribution in [0.5, 0.6) is 5.75 Å². The SMILES string of the molecule is Cc1cc(COc2c([C@H](C)O)ccc3ccccc23)on1. The molecule has 4 heteroatoms. The number of nitrogens with zero attached hydrogens (tertiary/aromatic N) is 1. The Labute approximate surface area is 123 Å². The van der Waals surface area contributed by atoms with Crippen LogP contribution in [0.25, 0.3) is 10.8 Å². The zero-order valence-electron chi connectivity index (χ0n) is 12.0. The Hall–Kier alpha value is -2.33. The van der Waals surface area contributed by atoms with Crippen LogP contribution in [0, 0.1) is 6.92 Å². The summed E-state index contributed by atoms with van der Waals surface area (Å²) in [6.07, 6.45) is -0.596. The van der Waals surface area contributed by atoms with E-state index in [0.29, 0.717) is 11.5 Å². The highest BCUT2D eigenvalue weighted by Crippen LogP contribution is 2.34. The van der Waals surface area contributed by atoms with Crippen molar-refractivity contribution < 1.29 is 14.4 Å². The van der Waals surface area contributed by atoms with Gasteiger partial charge in [0.1, 0.15) is 12.4 Å². The van der Waals surface area contributed by atoms with Crippen LogP contribution in [0.3, 0.4) is 0 Å². The lowest BCUT2D eigenvalue weighted by Crippen LogP contribution is -2.01. The Morgan fingerprint density at radius 3 is 2.76 bits per heavy atom. The molecule has 0 saturated carbocycles. The standard InChI is InChI=1S/C17H17NO3/c1-11-9-14(21-18-11)10-20-17-15(12(2)19)8-7-13-5-3-4-6-16(13)17/h3-9,12,19H,10H2,1-2H3/t12-/m0/s1. The van der Waals surface area contributed by atoms with Gasteiger partial charge in [-0.05, 0) is 19.2 Å². The minimum atomic E-state index is -0.596. The number of aryl methyl sites for hydroxylation is 1. The van der Waals surface area contributed by atoms with Crippen molar-refractivity contribution in [1.82, 2.24) is 5.16 Å². The normalized spacial score (nSPS) is 12.5. The quantitative estimate of drug-likeness (QED) is 0.792. The summed E-state index contributed by atoms with van der Waals surface area (Å²) >= 11 is 0. The summed E-state index contributed by atoms with van der Waals surface area (Å²) in [6, 6.07) is 13.7. The maximum absolute atomic E-state index is 9.95. The molecule has 3 rings (SSSR count). The summed E-state index contributed by atoms with van der Waals surface area (Å²) in [5.41, 5.74) is 1.59. The van der Waals surface area contributed by atoms with E-state index in [1.807, 2.05) is 49.4 Å². The summed E-state index contributed by atoms with van der Waals surface area (Å²) in [6.45, 7) is 3.89. The first-order chi connectivity index (χ1) is 10.1. The number of ether oxygens (including phenoxy) is 1. The Bertz CT molecular complexity index is 762.